The van der Waals surface area contributed by atoms with Gasteiger partial charge in [0.2, 0.25) is 0 Å². The Morgan fingerprint density at radius 2 is 1.75 bits per heavy atom. The lowest BCUT2D eigenvalue weighted by molar-refractivity contribution is 0.602. The molecule has 0 spiro atoms. The Hall–Kier alpha value is -1.87. The van der Waals surface area contributed by atoms with Gasteiger partial charge in [0.15, 0.2) is 9.84 Å². The Labute approximate surface area is 146 Å². The van der Waals surface area contributed by atoms with Crippen LogP contribution in [0, 0.1) is 0 Å². The van der Waals surface area contributed by atoms with Gasteiger partial charge in [-0.3, -0.25) is 0 Å². The third kappa shape index (κ3) is 4.15. The van der Waals surface area contributed by atoms with Crippen LogP contribution in [-0.2, 0) is 9.84 Å². The molecule has 0 bridgehead atoms. The van der Waals surface area contributed by atoms with Gasteiger partial charge in [-0.15, -0.1) is 0 Å². The minimum absolute atomic E-state index is 0.368. The number of rotatable bonds is 6. The van der Waals surface area contributed by atoms with Gasteiger partial charge in [0, 0.05) is 6.26 Å². The molecule has 2 rings (SSSR count). The van der Waals surface area contributed by atoms with E-state index in [-0.39, 0.29) is 0 Å². The molecule has 0 aliphatic heterocycles. The van der Waals surface area contributed by atoms with Crippen LogP contribution in [-0.4, -0.2) is 14.7 Å². The van der Waals surface area contributed by atoms with Crippen molar-refractivity contribution >= 4 is 15.9 Å². The van der Waals surface area contributed by atoms with Gasteiger partial charge in [0.25, 0.3) is 0 Å². The van der Waals surface area contributed by atoms with E-state index in [1.54, 1.807) is 12.1 Å². The number of hydrogen-bond donors (Lipinski definition) is 0. The van der Waals surface area contributed by atoms with Crippen LogP contribution in [0.25, 0.3) is 17.2 Å². The second kappa shape index (κ2) is 7.80. The summed E-state index contributed by atoms with van der Waals surface area (Å²) in [6.45, 7) is 6.40. The first-order chi connectivity index (χ1) is 11.4. The van der Waals surface area contributed by atoms with Gasteiger partial charge in [0.05, 0.1) is 4.90 Å². The quantitative estimate of drug-likeness (QED) is 0.675. The first-order valence-electron chi connectivity index (χ1n) is 8.47. The average molecular weight is 343 g/mol. The predicted octanol–water partition coefficient (Wildman–Crippen LogP) is 5.69. The molecule has 0 atom stereocenters. The Kier molecular flexibility index (Phi) is 6.00. The van der Waals surface area contributed by atoms with Gasteiger partial charge in [0.1, 0.15) is 0 Å². The second-order valence-electron chi connectivity index (χ2n) is 6.16. The van der Waals surface area contributed by atoms with Crippen molar-refractivity contribution in [3.05, 3.63) is 59.7 Å². The third-order valence-electron chi connectivity index (χ3n) is 4.44. The molecule has 0 aliphatic rings. The summed E-state index contributed by atoms with van der Waals surface area (Å²) in [6, 6.07) is 13.8. The van der Waals surface area contributed by atoms with Crippen LogP contribution < -0.4 is 0 Å². The van der Waals surface area contributed by atoms with E-state index in [1.807, 2.05) is 25.1 Å². The van der Waals surface area contributed by atoms with E-state index < -0.39 is 9.84 Å². The van der Waals surface area contributed by atoms with Gasteiger partial charge in [-0.05, 0) is 66.1 Å². The highest BCUT2D eigenvalue weighted by molar-refractivity contribution is 7.90. The molecule has 0 saturated carbocycles. The van der Waals surface area contributed by atoms with Crippen LogP contribution in [0.2, 0.25) is 0 Å². The van der Waals surface area contributed by atoms with E-state index in [4.69, 9.17) is 0 Å². The first kappa shape index (κ1) is 18.5. The summed E-state index contributed by atoms with van der Waals surface area (Å²) in [7, 11) is -3.21. The third-order valence-corrected chi connectivity index (χ3v) is 5.55. The molecule has 24 heavy (non-hydrogen) atoms. The zero-order chi connectivity index (χ0) is 17.7. The van der Waals surface area contributed by atoms with Crippen LogP contribution in [0.4, 0.5) is 0 Å². The molecule has 0 radical (unpaired) electrons. The minimum Gasteiger partial charge on any atom is -0.224 e. The fourth-order valence-electron chi connectivity index (χ4n) is 3.10. The monoisotopic (exact) mass is 342 g/mol. The standard InChI is InChI=1S/C21H26O2S/c1-5-9-16-12-13-20(17(6-2)7-3)21(14-16)18-10-8-11-19(15-18)24(4,22)23/h5,8-15,17H,6-7H2,1-4H3/b9-5+. The van der Waals surface area contributed by atoms with Crippen LogP contribution >= 0.6 is 0 Å². The van der Waals surface area contributed by atoms with Crippen molar-refractivity contribution in [3.63, 3.8) is 0 Å². The Morgan fingerprint density at radius 3 is 2.33 bits per heavy atom. The number of sulfone groups is 1. The summed E-state index contributed by atoms with van der Waals surface area (Å²) in [5.41, 5.74) is 4.52. The smallest absolute Gasteiger partial charge is 0.175 e. The maximum atomic E-state index is 11.9. The molecule has 2 aromatic carbocycles. The normalized spacial score (nSPS) is 12.2. The molecule has 128 valence electrons. The lowest BCUT2D eigenvalue weighted by atomic mass is 9.86. The maximum Gasteiger partial charge on any atom is 0.175 e. The molecule has 2 aromatic rings. The summed E-state index contributed by atoms with van der Waals surface area (Å²) in [5.74, 6) is 0.474. The molecular weight excluding hydrogens is 316 g/mol. The van der Waals surface area contributed by atoms with Crippen molar-refractivity contribution in [2.24, 2.45) is 0 Å². The molecule has 3 heteroatoms. The van der Waals surface area contributed by atoms with E-state index in [1.165, 1.54) is 11.8 Å². The highest BCUT2D eigenvalue weighted by atomic mass is 32.2. The van der Waals surface area contributed by atoms with E-state index in [0.717, 1.165) is 29.5 Å². The topological polar surface area (TPSA) is 34.1 Å². The second-order valence-corrected chi connectivity index (χ2v) is 8.18. The largest absolute Gasteiger partial charge is 0.224 e. The number of benzene rings is 2. The Bertz CT molecular complexity index is 829. The van der Waals surface area contributed by atoms with Crippen molar-refractivity contribution in [2.75, 3.05) is 6.26 Å². The van der Waals surface area contributed by atoms with Gasteiger partial charge < -0.3 is 0 Å². The summed E-state index contributed by atoms with van der Waals surface area (Å²) >= 11 is 0. The van der Waals surface area contributed by atoms with Crippen LogP contribution in [0.5, 0.6) is 0 Å². The predicted molar refractivity (Wildman–Crippen MR) is 103 cm³/mol. The Morgan fingerprint density at radius 1 is 1.04 bits per heavy atom. The van der Waals surface area contributed by atoms with Gasteiger partial charge in [-0.1, -0.05) is 50.3 Å². The van der Waals surface area contributed by atoms with Crippen molar-refractivity contribution in [3.8, 4) is 11.1 Å². The van der Waals surface area contributed by atoms with E-state index in [0.29, 0.717) is 10.8 Å². The fourth-order valence-corrected chi connectivity index (χ4v) is 3.77. The lowest BCUT2D eigenvalue weighted by Gasteiger charge is -2.19. The highest BCUT2D eigenvalue weighted by Crippen LogP contribution is 2.35. The summed E-state index contributed by atoms with van der Waals surface area (Å²) < 4.78 is 23.8. The molecule has 0 amide bonds. The molecule has 0 N–H and O–H groups in total. The Balaban J connectivity index is 2.68. The van der Waals surface area contributed by atoms with E-state index >= 15 is 0 Å². The summed E-state index contributed by atoms with van der Waals surface area (Å²) in [5, 5.41) is 0. The molecule has 0 saturated heterocycles. The minimum atomic E-state index is -3.21. The van der Waals surface area contributed by atoms with Crippen LogP contribution in [0.3, 0.4) is 0 Å². The van der Waals surface area contributed by atoms with Crippen molar-refractivity contribution in [1.82, 2.24) is 0 Å². The van der Waals surface area contributed by atoms with E-state index in [9.17, 15) is 8.42 Å². The van der Waals surface area contributed by atoms with Gasteiger partial charge in [-0.2, -0.15) is 0 Å². The molecular formula is C21H26O2S. The van der Waals surface area contributed by atoms with Gasteiger partial charge in [-0.25, -0.2) is 8.42 Å². The van der Waals surface area contributed by atoms with Crippen molar-refractivity contribution in [2.45, 2.75) is 44.4 Å². The summed E-state index contributed by atoms with van der Waals surface area (Å²) in [4.78, 5) is 0.368. The fraction of sp³-hybridized carbons (Fsp3) is 0.333. The molecule has 0 unspecified atom stereocenters. The number of allylic oxidation sites excluding steroid dienone is 1. The van der Waals surface area contributed by atoms with Crippen molar-refractivity contribution < 1.29 is 8.42 Å². The molecule has 2 nitrogen and oxygen atoms in total. The molecule has 0 aromatic heterocycles. The maximum absolute atomic E-state index is 11.9. The van der Waals surface area contributed by atoms with Gasteiger partial charge >= 0.3 is 0 Å². The summed E-state index contributed by atoms with van der Waals surface area (Å²) in [6.07, 6.45) is 7.48. The zero-order valence-electron chi connectivity index (χ0n) is 14.9. The van der Waals surface area contributed by atoms with E-state index in [2.05, 4.69) is 38.1 Å². The lowest BCUT2D eigenvalue weighted by Crippen LogP contribution is -2.01. The molecule has 0 aliphatic carbocycles. The molecule has 0 fully saturated rings. The van der Waals surface area contributed by atoms with Crippen LogP contribution in [0.15, 0.2) is 53.4 Å². The average Bonchev–Trinajstić information content (AvgIpc) is 2.56. The highest BCUT2D eigenvalue weighted by Gasteiger charge is 2.15. The van der Waals surface area contributed by atoms with Crippen molar-refractivity contribution in [1.29, 1.82) is 0 Å². The SMILES string of the molecule is C/C=C/c1ccc(C(CC)CC)c(-c2cccc(S(C)(=O)=O)c2)c1. The zero-order valence-corrected chi connectivity index (χ0v) is 15.7. The molecule has 0 heterocycles. The van der Waals surface area contributed by atoms with Crippen LogP contribution in [0.1, 0.15) is 50.7 Å². The number of hydrogen-bond acceptors (Lipinski definition) is 2. The first-order valence-corrected chi connectivity index (χ1v) is 10.4.